The van der Waals surface area contributed by atoms with Gasteiger partial charge in [-0.2, -0.15) is 0 Å². The number of epoxide rings is 3. The zero-order chi connectivity index (χ0) is 14.5. The van der Waals surface area contributed by atoms with Crippen molar-refractivity contribution in [1.29, 1.82) is 0 Å². The Morgan fingerprint density at radius 3 is 0.947 bits per heavy atom. The summed E-state index contributed by atoms with van der Waals surface area (Å²) in [6.45, 7) is 17.5. The summed E-state index contributed by atoms with van der Waals surface area (Å²) in [6.07, 6.45) is 1.92. The van der Waals surface area contributed by atoms with E-state index >= 15 is 0 Å². The van der Waals surface area contributed by atoms with E-state index in [-0.39, 0.29) is 33.6 Å². The van der Waals surface area contributed by atoms with Gasteiger partial charge in [0.2, 0.25) is 0 Å². The van der Waals surface area contributed by atoms with Gasteiger partial charge < -0.3 is 14.2 Å². The van der Waals surface area contributed by atoms with Crippen LogP contribution in [0.2, 0.25) is 0 Å². The molecule has 0 bridgehead atoms. The van der Waals surface area contributed by atoms with Gasteiger partial charge in [-0.15, -0.1) is 0 Å². The van der Waals surface area contributed by atoms with Crippen LogP contribution in [0.15, 0.2) is 0 Å². The van der Waals surface area contributed by atoms with E-state index < -0.39 is 0 Å². The first-order valence-electron chi connectivity index (χ1n) is 7.39. The lowest BCUT2D eigenvalue weighted by molar-refractivity contribution is 0.206. The van der Waals surface area contributed by atoms with Crippen molar-refractivity contribution in [2.24, 2.45) is 0 Å². The van der Waals surface area contributed by atoms with Crippen molar-refractivity contribution in [3.8, 4) is 0 Å². The first kappa shape index (κ1) is 13.8. The van der Waals surface area contributed by atoms with Gasteiger partial charge in [0.15, 0.2) is 0 Å². The Labute approximate surface area is 117 Å². The van der Waals surface area contributed by atoms with Gasteiger partial charge in [-0.05, 0) is 55.4 Å². The first-order valence-corrected chi connectivity index (χ1v) is 7.39. The van der Waals surface area contributed by atoms with E-state index in [1.54, 1.807) is 0 Å². The molecule has 0 radical (unpaired) electrons. The first-order chi connectivity index (χ1) is 8.29. The fourth-order valence-electron chi connectivity index (χ4n) is 3.78. The summed E-state index contributed by atoms with van der Waals surface area (Å²) in [7, 11) is 0. The highest BCUT2D eigenvalue weighted by atomic mass is 16.7. The van der Waals surface area contributed by atoms with Crippen molar-refractivity contribution in [1.82, 2.24) is 0 Å². The molecule has 0 saturated carbocycles. The minimum absolute atomic E-state index is 0.0118. The molecule has 3 fully saturated rings. The third kappa shape index (κ3) is 1.74. The minimum Gasteiger partial charge on any atom is -0.363 e. The second-order valence-corrected chi connectivity index (χ2v) is 8.60. The minimum atomic E-state index is -0.0828. The second-order valence-electron chi connectivity index (χ2n) is 8.60. The Balaban J connectivity index is 1.66. The normalized spacial score (nSPS) is 56.8. The molecule has 3 aliphatic rings. The van der Waals surface area contributed by atoms with Gasteiger partial charge in [-0.3, -0.25) is 0 Å². The highest BCUT2D eigenvalue weighted by molar-refractivity contribution is 5.23. The van der Waals surface area contributed by atoms with Crippen molar-refractivity contribution >= 4 is 0 Å². The summed E-state index contributed by atoms with van der Waals surface area (Å²) < 4.78 is 17.9. The Morgan fingerprint density at radius 1 is 0.474 bits per heavy atom. The molecule has 0 aromatic carbocycles. The van der Waals surface area contributed by atoms with E-state index in [1.807, 2.05) is 0 Å². The van der Waals surface area contributed by atoms with Crippen molar-refractivity contribution in [2.45, 2.75) is 102 Å². The zero-order valence-electron chi connectivity index (χ0n) is 13.6. The standard InChI is InChI=1S/C16H28O3/c1-11(2)13(5,17-11)9-15(7)16(8,19-15)10-14(6)12(3,4)18-14/h9-10H2,1-8H3. The Morgan fingerprint density at radius 2 is 0.737 bits per heavy atom. The molecule has 0 aromatic heterocycles. The zero-order valence-corrected chi connectivity index (χ0v) is 13.6. The van der Waals surface area contributed by atoms with Crippen molar-refractivity contribution in [3.63, 3.8) is 0 Å². The van der Waals surface area contributed by atoms with Gasteiger partial charge in [-0.25, -0.2) is 0 Å². The monoisotopic (exact) mass is 268 g/mol. The van der Waals surface area contributed by atoms with Gasteiger partial charge in [0, 0.05) is 12.8 Å². The molecule has 3 saturated heterocycles. The van der Waals surface area contributed by atoms with E-state index in [0.29, 0.717) is 0 Å². The molecule has 0 N–H and O–H groups in total. The highest BCUT2D eigenvalue weighted by Crippen LogP contribution is 2.65. The molecule has 0 aliphatic carbocycles. The molecule has 0 aromatic rings. The van der Waals surface area contributed by atoms with E-state index in [9.17, 15) is 0 Å². The molecule has 3 heterocycles. The van der Waals surface area contributed by atoms with Gasteiger partial charge >= 0.3 is 0 Å². The van der Waals surface area contributed by atoms with Crippen molar-refractivity contribution in [3.05, 3.63) is 0 Å². The average molecular weight is 268 g/mol. The van der Waals surface area contributed by atoms with Crippen LogP contribution in [0, 0.1) is 0 Å². The number of ether oxygens (including phenoxy) is 3. The van der Waals surface area contributed by atoms with Crippen LogP contribution >= 0.6 is 0 Å². The lowest BCUT2D eigenvalue weighted by Gasteiger charge is -2.19. The maximum Gasteiger partial charge on any atom is 0.0978 e. The molecule has 0 amide bonds. The van der Waals surface area contributed by atoms with Crippen LogP contribution in [0.1, 0.15) is 68.2 Å². The summed E-state index contributed by atoms with van der Waals surface area (Å²) in [5.41, 5.74) is -0.272. The molecular formula is C16H28O3. The van der Waals surface area contributed by atoms with Gasteiger partial charge in [0.05, 0.1) is 33.6 Å². The van der Waals surface area contributed by atoms with E-state index in [1.165, 1.54) is 0 Å². The Bertz CT molecular complexity index is 403. The predicted molar refractivity (Wildman–Crippen MR) is 74.3 cm³/mol. The quantitative estimate of drug-likeness (QED) is 0.733. The highest BCUT2D eigenvalue weighted by Gasteiger charge is 2.75. The van der Waals surface area contributed by atoms with Crippen LogP contribution in [-0.2, 0) is 14.2 Å². The summed E-state index contributed by atoms with van der Waals surface area (Å²) in [6, 6.07) is 0. The van der Waals surface area contributed by atoms with Crippen LogP contribution in [0.3, 0.4) is 0 Å². The lowest BCUT2D eigenvalue weighted by atomic mass is 9.78. The molecule has 110 valence electrons. The van der Waals surface area contributed by atoms with Gasteiger partial charge in [0.1, 0.15) is 0 Å². The molecule has 3 aliphatic heterocycles. The van der Waals surface area contributed by atoms with Crippen LogP contribution in [0.4, 0.5) is 0 Å². The lowest BCUT2D eigenvalue weighted by Crippen LogP contribution is -2.33. The fourth-order valence-corrected chi connectivity index (χ4v) is 3.78. The molecule has 4 unspecified atom stereocenters. The predicted octanol–water partition coefficient (Wildman–Crippen LogP) is 3.45. The molecule has 0 spiro atoms. The Hall–Kier alpha value is -0.120. The SMILES string of the molecule is CC1(C)OC1(C)CC1(C)OC1(C)CC1(C)OC1(C)C. The van der Waals surface area contributed by atoms with Crippen LogP contribution in [-0.4, -0.2) is 33.6 Å². The van der Waals surface area contributed by atoms with Crippen LogP contribution in [0.5, 0.6) is 0 Å². The smallest absolute Gasteiger partial charge is 0.0978 e. The van der Waals surface area contributed by atoms with Gasteiger partial charge in [0.25, 0.3) is 0 Å². The maximum absolute atomic E-state index is 6.15. The average Bonchev–Trinajstić information content (AvgIpc) is 2.90. The third-order valence-electron chi connectivity index (χ3n) is 6.30. The van der Waals surface area contributed by atoms with E-state index in [0.717, 1.165) is 12.8 Å². The molecule has 19 heavy (non-hydrogen) atoms. The molecule has 3 nitrogen and oxygen atoms in total. The second kappa shape index (κ2) is 3.05. The summed E-state index contributed by atoms with van der Waals surface area (Å²) in [5, 5.41) is 0. The van der Waals surface area contributed by atoms with Crippen LogP contribution in [0.25, 0.3) is 0 Å². The largest absolute Gasteiger partial charge is 0.363 e. The number of hydrogen-bond acceptors (Lipinski definition) is 3. The van der Waals surface area contributed by atoms with Crippen LogP contribution < -0.4 is 0 Å². The van der Waals surface area contributed by atoms with Gasteiger partial charge in [-0.1, -0.05) is 0 Å². The molecule has 3 heteroatoms. The van der Waals surface area contributed by atoms with Crippen molar-refractivity contribution < 1.29 is 14.2 Å². The number of hydrogen-bond donors (Lipinski definition) is 0. The van der Waals surface area contributed by atoms with E-state index in [2.05, 4.69) is 55.4 Å². The number of rotatable bonds is 4. The fraction of sp³-hybridized carbons (Fsp3) is 1.00. The third-order valence-corrected chi connectivity index (χ3v) is 6.30. The van der Waals surface area contributed by atoms with Crippen molar-refractivity contribution in [2.75, 3.05) is 0 Å². The van der Waals surface area contributed by atoms with E-state index in [4.69, 9.17) is 14.2 Å². The summed E-state index contributed by atoms with van der Waals surface area (Å²) >= 11 is 0. The molecule has 3 rings (SSSR count). The summed E-state index contributed by atoms with van der Waals surface area (Å²) in [5.74, 6) is 0. The molecule has 4 atom stereocenters. The summed E-state index contributed by atoms with van der Waals surface area (Å²) in [4.78, 5) is 0. The Kier molecular flexibility index (Phi) is 2.22. The topological polar surface area (TPSA) is 37.6 Å². The maximum atomic E-state index is 6.15. The molecular weight excluding hydrogens is 240 g/mol.